The molecule has 2 aromatic carbocycles. The summed E-state index contributed by atoms with van der Waals surface area (Å²) < 4.78 is 1.67. The van der Waals surface area contributed by atoms with Crippen molar-refractivity contribution in [1.82, 2.24) is 14.8 Å². The molecule has 122 valence electrons. The van der Waals surface area contributed by atoms with Crippen molar-refractivity contribution in [2.75, 3.05) is 11.1 Å². The summed E-state index contributed by atoms with van der Waals surface area (Å²) >= 11 is 1.61. The predicted octanol–water partition coefficient (Wildman–Crippen LogP) is 3.45. The molecule has 0 unspecified atom stereocenters. The molecule has 1 amide bonds. The van der Waals surface area contributed by atoms with Gasteiger partial charge < -0.3 is 5.32 Å². The molecule has 0 aliphatic rings. The van der Waals surface area contributed by atoms with E-state index in [2.05, 4.69) is 40.5 Å². The van der Waals surface area contributed by atoms with Crippen molar-refractivity contribution in [3.8, 4) is 5.69 Å². The van der Waals surface area contributed by atoms with E-state index in [9.17, 15) is 4.79 Å². The van der Waals surface area contributed by atoms with Crippen LogP contribution >= 0.6 is 11.8 Å². The molecule has 1 aromatic heterocycles. The number of carbonyl (C=O) groups is 1. The smallest absolute Gasteiger partial charge is 0.234 e. The maximum absolute atomic E-state index is 12.0. The first-order valence-electron chi connectivity index (χ1n) is 7.59. The molecule has 0 aliphatic carbocycles. The topological polar surface area (TPSA) is 59.8 Å². The van der Waals surface area contributed by atoms with Crippen molar-refractivity contribution in [2.45, 2.75) is 12.7 Å². The lowest BCUT2D eigenvalue weighted by Crippen LogP contribution is -2.14. The van der Waals surface area contributed by atoms with E-state index in [-0.39, 0.29) is 5.91 Å². The third-order valence-corrected chi connectivity index (χ3v) is 4.42. The molecule has 1 N–H and O–H groups in total. The van der Waals surface area contributed by atoms with Crippen LogP contribution in [0.2, 0.25) is 0 Å². The summed E-state index contributed by atoms with van der Waals surface area (Å²) in [6, 6.07) is 15.9. The number of hydrogen-bond donors (Lipinski definition) is 1. The number of nitrogens with zero attached hydrogens (tertiary/aromatic N) is 3. The molecule has 0 atom stereocenters. The average molecular weight is 338 g/mol. The molecule has 0 saturated heterocycles. The van der Waals surface area contributed by atoms with Crippen molar-refractivity contribution < 1.29 is 4.79 Å². The molecule has 24 heavy (non-hydrogen) atoms. The van der Waals surface area contributed by atoms with Gasteiger partial charge in [0.15, 0.2) is 0 Å². The van der Waals surface area contributed by atoms with Crippen LogP contribution in [0.4, 0.5) is 5.69 Å². The Hall–Kier alpha value is -2.60. The van der Waals surface area contributed by atoms with E-state index in [1.807, 2.05) is 30.3 Å². The average Bonchev–Trinajstić information content (AvgIpc) is 3.10. The van der Waals surface area contributed by atoms with Crippen LogP contribution in [0.1, 0.15) is 11.1 Å². The highest BCUT2D eigenvalue weighted by atomic mass is 32.2. The lowest BCUT2D eigenvalue weighted by atomic mass is 10.2. The Balaban J connectivity index is 1.48. The van der Waals surface area contributed by atoms with Gasteiger partial charge in [-0.15, -0.1) is 11.8 Å². The molecule has 5 nitrogen and oxygen atoms in total. The van der Waals surface area contributed by atoms with Crippen molar-refractivity contribution in [2.24, 2.45) is 0 Å². The molecule has 3 rings (SSSR count). The summed E-state index contributed by atoms with van der Waals surface area (Å²) in [7, 11) is 0. The van der Waals surface area contributed by atoms with Crippen molar-refractivity contribution >= 4 is 23.4 Å². The van der Waals surface area contributed by atoms with Gasteiger partial charge in [0.25, 0.3) is 0 Å². The van der Waals surface area contributed by atoms with Gasteiger partial charge in [-0.1, -0.05) is 29.8 Å². The van der Waals surface area contributed by atoms with E-state index in [1.165, 1.54) is 17.5 Å². The van der Waals surface area contributed by atoms with Crippen LogP contribution in [0, 0.1) is 6.92 Å². The maximum Gasteiger partial charge on any atom is 0.234 e. The van der Waals surface area contributed by atoms with Gasteiger partial charge in [-0.25, -0.2) is 9.67 Å². The Labute approximate surface area is 145 Å². The molecule has 0 aliphatic heterocycles. The molecular weight excluding hydrogens is 320 g/mol. The van der Waals surface area contributed by atoms with Gasteiger partial charge in [-0.2, -0.15) is 5.10 Å². The van der Waals surface area contributed by atoms with Crippen LogP contribution in [0.25, 0.3) is 5.69 Å². The molecule has 1 heterocycles. The summed E-state index contributed by atoms with van der Waals surface area (Å²) in [5, 5.41) is 6.97. The summed E-state index contributed by atoms with van der Waals surface area (Å²) in [6.45, 7) is 2.07. The van der Waals surface area contributed by atoms with Crippen molar-refractivity contribution in [3.63, 3.8) is 0 Å². The number of aryl methyl sites for hydroxylation is 1. The first-order chi connectivity index (χ1) is 11.7. The molecule has 3 aromatic rings. The Kier molecular flexibility index (Phi) is 5.28. The van der Waals surface area contributed by atoms with Gasteiger partial charge in [0.05, 0.1) is 11.4 Å². The van der Waals surface area contributed by atoms with Gasteiger partial charge in [-0.05, 0) is 36.8 Å². The number of hydrogen-bond acceptors (Lipinski definition) is 4. The van der Waals surface area contributed by atoms with Crippen LogP contribution in [0.3, 0.4) is 0 Å². The zero-order valence-corrected chi connectivity index (χ0v) is 14.2. The van der Waals surface area contributed by atoms with Crippen LogP contribution in [0.5, 0.6) is 0 Å². The van der Waals surface area contributed by atoms with Crippen molar-refractivity contribution in [1.29, 1.82) is 0 Å². The van der Waals surface area contributed by atoms with Crippen LogP contribution in [-0.4, -0.2) is 26.4 Å². The Morgan fingerprint density at radius 3 is 2.75 bits per heavy atom. The number of aromatic nitrogens is 3. The highest BCUT2D eigenvalue weighted by Crippen LogP contribution is 2.15. The monoisotopic (exact) mass is 338 g/mol. The zero-order valence-electron chi connectivity index (χ0n) is 13.3. The molecule has 0 spiro atoms. The lowest BCUT2D eigenvalue weighted by molar-refractivity contribution is -0.113. The fraction of sp³-hybridized carbons (Fsp3) is 0.167. The molecule has 0 saturated carbocycles. The molecular formula is C18H18N4OS. The van der Waals surface area contributed by atoms with E-state index in [0.717, 1.165) is 17.1 Å². The zero-order chi connectivity index (χ0) is 16.8. The van der Waals surface area contributed by atoms with Crippen LogP contribution < -0.4 is 5.32 Å². The number of nitrogens with one attached hydrogen (secondary N) is 1. The van der Waals surface area contributed by atoms with E-state index in [1.54, 1.807) is 22.8 Å². The fourth-order valence-corrected chi connectivity index (χ4v) is 3.07. The summed E-state index contributed by atoms with van der Waals surface area (Å²) in [6.07, 6.45) is 3.12. The highest BCUT2D eigenvalue weighted by Gasteiger charge is 2.04. The Morgan fingerprint density at radius 2 is 2.04 bits per heavy atom. The Morgan fingerprint density at radius 1 is 1.21 bits per heavy atom. The second kappa shape index (κ2) is 7.79. The molecule has 0 radical (unpaired) electrons. The van der Waals surface area contributed by atoms with E-state index >= 15 is 0 Å². The predicted molar refractivity (Wildman–Crippen MR) is 97.3 cm³/mol. The standard InChI is InChI=1S/C18H18N4OS/c1-14-3-2-4-15(9-14)10-24-11-18(23)21-16-5-7-17(8-6-16)22-13-19-12-20-22/h2-9,12-13H,10-11H2,1H3,(H,21,23). The quantitative estimate of drug-likeness (QED) is 0.748. The Bertz CT molecular complexity index is 800. The lowest BCUT2D eigenvalue weighted by Gasteiger charge is -2.07. The number of rotatable bonds is 6. The minimum absolute atomic E-state index is 0.00107. The molecule has 0 fully saturated rings. The second-order valence-electron chi connectivity index (χ2n) is 5.42. The number of carbonyl (C=O) groups excluding carboxylic acids is 1. The maximum atomic E-state index is 12.0. The summed E-state index contributed by atoms with van der Waals surface area (Å²) in [5.74, 6) is 1.26. The van der Waals surface area contributed by atoms with Crippen LogP contribution in [0.15, 0.2) is 61.2 Å². The SMILES string of the molecule is Cc1cccc(CSCC(=O)Nc2ccc(-n3cncn3)cc2)c1. The number of anilines is 1. The van der Waals surface area contributed by atoms with Gasteiger partial charge >= 0.3 is 0 Å². The second-order valence-corrected chi connectivity index (χ2v) is 6.40. The summed E-state index contributed by atoms with van der Waals surface area (Å²) in [5.41, 5.74) is 4.16. The third kappa shape index (κ3) is 4.45. The minimum Gasteiger partial charge on any atom is -0.325 e. The normalized spacial score (nSPS) is 10.5. The van der Waals surface area contributed by atoms with Crippen LogP contribution in [-0.2, 0) is 10.5 Å². The highest BCUT2D eigenvalue weighted by molar-refractivity contribution is 7.99. The van der Waals surface area contributed by atoms with E-state index in [4.69, 9.17) is 0 Å². The van der Waals surface area contributed by atoms with Crippen molar-refractivity contribution in [3.05, 3.63) is 72.3 Å². The fourth-order valence-electron chi connectivity index (χ4n) is 2.30. The van der Waals surface area contributed by atoms with E-state index in [0.29, 0.717) is 5.75 Å². The van der Waals surface area contributed by atoms with Gasteiger partial charge in [0.2, 0.25) is 5.91 Å². The first-order valence-corrected chi connectivity index (χ1v) is 8.74. The third-order valence-electron chi connectivity index (χ3n) is 3.42. The summed E-state index contributed by atoms with van der Waals surface area (Å²) in [4.78, 5) is 15.9. The van der Waals surface area contributed by atoms with E-state index < -0.39 is 0 Å². The number of amides is 1. The van der Waals surface area contributed by atoms with Gasteiger partial charge in [-0.3, -0.25) is 4.79 Å². The first kappa shape index (κ1) is 16.3. The number of thioether (sulfide) groups is 1. The van der Waals surface area contributed by atoms with Gasteiger partial charge in [0.1, 0.15) is 12.7 Å². The molecule has 6 heteroatoms. The van der Waals surface area contributed by atoms with Gasteiger partial charge in [0, 0.05) is 11.4 Å². The largest absolute Gasteiger partial charge is 0.325 e. The number of benzene rings is 2. The minimum atomic E-state index is 0.00107. The molecule has 0 bridgehead atoms.